The summed E-state index contributed by atoms with van der Waals surface area (Å²) in [5, 5.41) is 7.29. The van der Waals surface area contributed by atoms with Crippen LogP contribution >= 0.6 is 0 Å². The number of aromatic nitrogens is 3. The molecule has 4 heteroatoms. The highest BCUT2D eigenvalue weighted by Gasteiger charge is 2.06. The first kappa shape index (κ1) is 9.45. The summed E-state index contributed by atoms with van der Waals surface area (Å²) in [5.41, 5.74) is 1.54. The van der Waals surface area contributed by atoms with E-state index in [1.54, 1.807) is 18.5 Å². The van der Waals surface area contributed by atoms with Crippen LogP contribution in [-0.4, -0.2) is 21.0 Å². The predicted octanol–water partition coefficient (Wildman–Crippen LogP) is 1.30. The molecule has 2 rings (SSSR count). The van der Waals surface area contributed by atoms with E-state index in [2.05, 4.69) is 15.2 Å². The number of nitrogens with zero attached hydrogens (tertiary/aromatic N) is 3. The van der Waals surface area contributed by atoms with Gasteiger partial charge in [-0.3, -0.25) is 9.78 Å². The Morgan fingerprint density at radius 2 is 1.87 bits per heavy atom. The van der Waals surface area contributed by atoms with Gasteiger partial charge in [-0.15, -0.1) is 0 Å². The van der Waals surface area contributed by atoms with E-state index in [0.29, 0.717) is 12.0 Å². The predicted molar refractivity (Wildman–Crippen MR) is 54.3 cm³/mol. The molecule has 4 nitrogen and oxygen atoms in total. The molecule has 0 aromatic carbocycles. The number of hydrogen-bond donors (Lipinski definition) is 0. The lowest BCUT2D eigenvalue weighted by Gasteiger charge is -1.99. The molecule has 2 heterocycles. The molecule has 0 aliphatic carbocycles. The fourth-order valence-electron chi connectivity index (χ4n) is 1.24. The van der Waals surface area contributed by atoms with Crippen LogP contribution in [0.3, 0.4) is 0 Å². The van der Waals surface area contributed by atoms with Crippen molar-refractivity contribution < 1.29 is 4.79 Å². The highest BCUT2D eigenvalue weighted by Crippen LogP contribution is 2.04. The molecule has 2 aromatic rings. The van der Waals surface area contributed by atoms with E-state index in [1.807, 2.05) is 12.1 Å². The number of pyridine rings is 1. The van der Waals surface area contributed by atoms with E-state index in [9.17, 15) is 4.79 Å². The Kier molecular flexibility index (Phi) is 2.78. The highest BCUT2D eigenvalue weighted by atomic mass is 16.1. The van der Waals surface area contributed by atoms with Gasteiger partial charge >= 0.3 is 0 Å². The molecule has 0 bridgehead atoms. The second kappa shape index (κ2) is 4.41. The minimum absolute atomic E-state index is 0.0381. The van der Waals surface area contributed by atoms with Gasteiger partial charge in [-0.25, -0.2) is 0 Å². The second-order valence-electron chi connectivity index (χ2n) is 3.09. The lowest BCUT2D eigenvalue weighted by atomic mass is 10.1. The maximum absolute atomic E-state index is 11.7. The molecule has 15 heavy (non-hydrogen) atoms. The van der Waals surface area contributed by atoms with Gasteiger partial charge in [-0.2, -0.15) is 10.2 Å². The maximum atomic E-state index is 11.7. The van der Waals surface area contributed by atoms with Gasteiger partial charge in [0, 0.05) is 24.4 Å². The smallest absolute Gasteiger partial charge is 0.168 e. The molecule has 0 atom stereocenters. The summed E-state index contributed by atoms with van der Waals surface area (Å²) >= 11 is 0. The van der Waals surface area contributed by atoms with Crippen molar-refractivity contribution in [3.63, 3.8) is 0 Å². The zero-order chi connectivity index (χ0) is 10.5. The Labute approximate surface area is 87.0 Å². The summed E-state index contributed by atoms with van der Waals surface area (Å²) in [7, 11) is 0. The first-order chi connectivity index (χ1) is 7.36. The summed E-state index contributed by atoms with van der Waals surface area (Å²) in [5.74, 6) is 0.0381. The number of carbonyl (C=O) groups is 1. The molecule has 0 N–H and O–H groups in total. The van der Waals surface area contributed by atoms with Crippen LogP contribution in [0, 0.1) is 0 Å². The summed E-state index contributed by atoms with van der Waals surface area (Å²) in [6.07, 6.45) is 6.71. The van der Waals surface area contributed by atoms with Crippen molar-refractivity contribution in [2.75, 3.05) is 0 Å². The third-order valence-electron chi connectivity index (χ3n) is 2.02. The molecule has 74 valence electrons. The molecule has 0 radical (unpaired) electrons. The molecule has 0 saturated carbocycles. The van der Waals surface area contributed by atoms with Gasteiger partial charge < -0.3 is 0 Å². The fraction of sp³-hybridized carbons (Fsp3) is 0.0909. The van der Waals surface area contributed by atoms with Crippen LogP contribution in [0.25, 0.3) is 0 Å². The van der Waals surface area contributed by atoms with Crippen LogP contribution < -0.4 is 0 Å². The van der Waals surface area contributed by atoms with E-state index >= 15 is 0 Å². The third-order valence-corrected chi connectivity index (χ3v) is 2.02. The zero-order valence-electron chi connectivity index (χ0n) is 8.00. The Bertz CT molecular complexity index is 442. The van der Waals surface area contributed by atoms with Gasteiger partial charge in [-0.1, -0.05) is 0 Å². The Balaban J connectivity index is 2.12. The molecule has 0 fully saturated rings. The molecular weight excluding hydrogens is 190 g/mol. The molecule has 0 aliphatic rings. The van der Waals surface area contributed by atoms with Crippen molar-refractivity contribution in [1.29, 1.82) is 0 Å². The van der Waals surface area contributed by atoms with Gasteiger partial charge in [0.2, 0.25) is 0 Å². The quantitative estimate of drug-likeness (QED) is 0.699. The first-order valence-electron chi connectivity index (χ1n) is 4.55. The second-order valence-corrected chi connectivity index (χ2v) is 3.09. The number of rotatable bonds is 3. The van der Waals surface area contributed by atoms with E-state index in [4.69, 9.17) is 0 Å². The minimum atomic E-state index is 0.0381. The van der Waals surface area contributed by atoms with Crippen molar-refractivity contribution in [1.82, 2.24) is 15.2 Å². The Morgan fingerprint density at radius 3 is 2.53 bits per heavy atom. The standard InChI is InChI=1S/C11H9N3O/c15-11(10-3-6-13-14-8-10)7-9-1-4-12-5-2-9/h1-6,8H,7H2. The topological polar surface area (TPSA) is 55.7 Å². The summed E-state index contributed by atoms with van der Waals surface area (Å²) in [4.78, 5) is 15.6. The largest absolute Gasteiger partial charge is 0.294 e. The lowest BCUT2D eigenvalue weighted by molar-refractivity contribution is 0.0992. The maximum Gasteiger partial charge on any atom is 0.168 e. The highest BCUT2D eigenvalue weighted by molar-refractivity contribution is 5.97. The summed E-state index contributed by atoms with van der Waals surface area (Å²) in [6, 6.07) is 5.32. The van der Waals surface area contributed by atoms with E-state index in [0.717, 1.165) is 5.56 Å². The Hall–Kier alpha value is -2.10. The van der Waals surface area contributed by atoms with Crippen LogP contribution in [0.5, 0.6) is 0 Å². The van der Waals surface area contributed by atoms with Gasteiger partial charge in [0.05, 0.1) is 12.4 Å². The third kappa shape index (κ3) is 2.43. The van der Waals surface area contributed by atoms with Crippen molar-refractivity contribution in [2.45, 2.75) is 6.42 Å². The van der Waals surface area contributed by atoms with E-state index in [-0.39, 0.29) is 5.78 Å². The van der Waals surface area contributed by atoms with Crippen LogP contribution in [-0.2, 0) is 6.42 Å². The molecule has 2 aromatic heterocycles. The molecule has 0 unspecified atom stereocenters. The van der Waals surface area contributed by atoms with Crippen LogP contribution in [0.2, 0.25) is 0 Å². The monoisotopic (exact) mass is 199 g/mol. The van der Waals surface area contributed by atoms with Crippen LogP contribution in [0.15, 0.2) is 43.0 Å². The molecule has 0 spiro atoms. The molecule has 0 aliphatic heterocycles. The lowest BCUT2D eigenvalue weighted by Crippen LogP contribution is -2.04. The Morgan fingerprint density at radius 1 is 1.07 bits per heavy atom. The molecule has 0 amide bonds. The van der Waals surface area contributed by atoms with Gasteiger partial charge in [-0.05, 0) is 23.8 Å². The summed E-state index contributed by atoms with van der Waals surface area (Å²) in [6.45, 7) is 0. The van der Waals surface area contributed by atoms with Gasteiger partial charge in [0.15, 0.2) is 5.78 Å². The number of ketones is 1. The zero-order valence-corrected chi connectivity index (χ0v) is 8.00. The number of hydrogen-bond acceptors (Lipinski definition) is 4. The van der Waals surface area contributed by atoms with E-state index < -0.39 is 0 Å². The van der Waals surface area contributed by atoms with Crippen LogP contribution in [0.4, 0.5) is 0 Å². The van der Waals surface area contributed by atoms with Crippen molar-refractivity contribution >= 4 is 5.78 Å². The first-order valence-corrected chi connectivity index (χ1v) is 4.55. The molecule has 0 saturated heterocycles. The van der Waals surface area contributed by atoms with Gasteiger partial charge in [0.1, 0.15) is 0 Å². The minimum Gasteiger partial charge on any atom is -0.294 e. The van der Waals surface area contributed by atoms with Crippen molar-refractivity contribution in [3.05, 3.63) is 54.1 Å². The average Bonchev–Trinajstić information content (AvgIpc) is 2.31. The van der Waals surface area contributed by atoms with Crippen molar-refractivity contribution in [3.8, 4) is 0 Å². The van der Waals surface area contributed by atoms with Crippen LogP contribution in [0.1, 0.15) is 15.9 Å². The van der Waals surface area contributed by atoms with E-state index in [1.165, 1.54) is 12.4 Å². The molecular formula is C11H9N3O. The van der Waals surface area contributed by atoms with Gasteiger partial charge in [0.25, 0.3) is 0 Å². The summed E-state index contributed by atoms with van der Waals surface area (Å²) < 4.78 is 0. The fourth-order valence-corrected chi connectivity index (χ4v) is 1.24. The SMILES string of the molecule is O=C(Cc1ccncc1)c1ccnnc1. The average molecular weight is 199 g/mol. The number of carbonyl (C=O) groups excluding carboxylic acids is 1. The number of Topliss-reactive ketones (excluding diaryl/α,β-unsaturated/α-hetero) is 1. The van der Waals surface area contributed by atoms with Crippen molar-refractivity contribution in [2.24, 2.45) is 0 Å². The normalized spacial score (nSPS) is 9.87.